The molecule has 0 aliphatic rings. The molecular weight excluding hydrogens is 367 g/mol. The summed E-state index contributed by atoms with van der Waals surface area (Å²) in [6, 6.07) is 12.4. The first-order valence-electron chi connectivity index (χ1n) is 8.30. The number of nitrogens with zero attached hydrogens (tertiary/aromatic N) is 1. The number of halogens is 1. The number of benzene rings is 2. The van der Waals surface area contributed by atoms with Crippen LogP contribution < -0.4 is 5.32 Å². The maximum Gasteiger partial charge on any atom is 0.338 e. The minimum Gasteiger partial charge on any atom is -0.462 e. The summed E-state index contributed by atoms with van der Waals surface area (Å²) in [5.41, 5.74) is 2.33. The highest BCUT2D eigenvalue weighted by Crippen LogP contribution is 2.28. The Kier molecular flexibility index (Phi) is 5.61. The average Bonchev–Trinajstić information content (AvgIpc) is 3.05. The molecule has 1 N–H and O–H groups in total. The predicted octanol–water partition coefficient (Wildman–Crippen LogP) is 4.69. The smallest absolute Gasteiger partial charge is 0.338 e. The Morgan fingerprint density at radius 1 is 1.11 bits per heavy atom. The first kappa shape index (κ1) is 18.7. The van der Waals surface area contributed by atoms with E-state index in [-0.39, 0.29) is 11.7 Å². The molecule has 5 nitrogen and oxygen atoms in total. The summed E-state index contributed by atoms with van der Waals surface area (Å²) in [4.78, 5) is 29.1. The summed E-state index contributed by atoms with van der Waals surface area (Å²) < 4.78 is 18.0. The Labute approximate surface area is 159 Å². The molecule has 0 unspecified atom stereocenters. The molecule has 0 fully saturated rings. The lowest BCUT2D eigenvalue weighted by molar-refractivity contribution is 0.0526. The Morgan fingerprint density at radius 3 is 2.41 bits per heavy atom. The van der Waals surface area contributed by atoms with Crippen molar-refractivity contribution in [3.8, 4) is 10.6 Å². The normalized spacial score (nSPS) is 10.5. The van der Waals surface area contributed by atoms with Crippen molar-refractivity contribution in [3.05, 3.63) is 70.5 Å². The molecule has 0 atom stereocenters. The number of rotatable bonds is 5. The van der Waals surface area contributed by atoms with Crippen molar-refractivity contribution < 1.29 is 18.7 Å². The van der Waals surface area contributed by atoms with E-state index in [1.165, 1.54) is 23.5 Å². The van der Waals surface area contributed by atoms with Crippen LogP contribution in [0.15, 0.2) is 48.5 Å². The summed E-state index contributed by atoms with van der Waals surface area (Å²) in [5.74, 6) is -1.02. The molecule has 2 aromatic carbocycles. The van der Waals surface area contributed by atoms with E-state index in [1.54, 1.807) is 50.2 Å². The molecule has 3 aromatic rings. The van der Waals surface area contributed by atoms with Crippen LogP contribution in [-0.4, -0.2) is 23.5 Å². The number of ether oxygens (including phenoxy) is 1. The van der Waals surface area contributed by atoms with Crippen molar-refractivity contribution in [2.45, 2.75) is 13.8 Å². The number of hydrogen-bond acceptors (Lipinski definition) is 5. The lowest BCUT2D eigenvalue weighted by Gasteiger charge is -2.05. The highest BCUT2D eigenvalue weighted by atomic mass is 32.1. The van der Waals surface area contributed by atoms with Crippen LogP contribution in [0.1, 0.15) is 32.6 Å². The van der Waals surface area contributed by atoms with Crippen molar-refractivity contribution >= 4 is 28.9 Å². The number of esters is 1. The van der Waals surface area contributed by atoms with Gasteiger partial charge >= 0.3 is 5.97 Å². The second kappa shape index (κ2) is 8.09. The van der Waals surface area contributed by atoms with Gasteiger partial charge in [0.2, 0.25) is 0 Å². The minimum atomic E-state index is -0.405. The van der Waals surface area contributed by atoms with E-state index in [0.717, 1.165) is 5.56 Å². The number of aromatic nitrogens is 1. The predicted molar refractivity (Wildman–Crippen MR) is 103 cm³/mol. The van der Waals surface area contributed by atoms with Gasteiger partial charge in [-0.1, -0.05) is 0 Å². The van der Waals surface area contributed by atoms with Gasteiger partial charge in [-0.3, -0.25) is 4.79 Å². The summed E-state index contributed by atoms with van der Waals surface area (Å²) in [7, 11) is 0. The molecule has 1 heterocycles. The summed E-state index contributed by atoms with van der Waals surface area (Å²) in [5, 5.41) is 3.44. The topological polar surface area (TPSA) is 68.3 Å². The lowest BCUT2D eigenvalue weighted by Crippen LogP contribution is -2.12. The second-order valence-corrected chi connectivity index (χ2v) is 6.69. The first-order valence-corrected chi connectivity index (χ1v) is 9.11. The van der Waals surface area contributed by atoms with Gasteiger partial charge < -0.3 is 10.1 Å². The van der Waals surface area contributed by atoms with Crippen LogP contribution in [0.2, 0.25) is 0 Å². The summed E-state index contributed by atoms with van der Waals surface area (Å²) in [6.07, 6.45) is 0. The van der Waals surface area contributed by atoms with Gasteiger partial charge in [0.1, 0.15) is 15.7 Å². The Balaban J connectivity index is 1.74. The number of aryl methyl sites for hydroxylation is 1. The Morgan fingerprint density at radius 2 is 1.78 bits per heavy atom. The second-order valence-electron chi connectivity index (χ2n) is 5.69. The number of thiazole rings is 1. The van der Waals surface area contributed by atoms with Gasteiger partial charge in [-0.25, -0.2) is 14.2 Å². The number of amides is 1. The van der Waals surface area contributed by atoms with Crippen molar-refractivity contribution in [1.29, 1.82) is 0 Å². The van der Waals surface area contributed by atoms with Crippen LogP contribution in [0, 0.1) is 12.7 Å². The van der Waals surface area contributed by atoms with Crippen LogP contribution in [0.5, 0.6) is 0 Å². The highest BCUT2D eigenvalue weighted by molar-refractivity contribution is 7.17. The van der Waals surface area contributed by atoms with E-state index in [0.29, 0.717) is 33.4 Å². The standard InChI is InChI=1S/C20H17FN2O3S/c1-3-26-20(25)14-6-10-16(11-7-14)23-18(24)17-12(2)22-19(27-17)13-4-8-15(21)9-5-13/h4-11H,3H2,1-2H3,(H,23,24). The third-order valence-corrected chi connectivity index (χ3v) is 4.95. The molecule has 138 valence electrons. The zero-order valence-corrected chi connectivity index (χ0v) is 15.6. The van der Waals surface area contributed by atoms with Crippen LogP contribution in [0.3, 0.4) is 0 Å². The Bertz CT molecular complexity index is 966. The highest BCUT2D eigenvalue weighted by Gasteiger charge is 2.17. The third kappa shape index (κ3) is 4.38. The summed E-state index contributed by atoms with van der Waals surface area (Å²) >= 11 is 1.24. The molecule has 0 bridgehead atoms. The molecule has 0 saturated carbocycles. The molecule has 0 radical (unpaired) electrons. The largest absolute Gasteiger partial charge is 0.462 e. The van der Waals surface area contributed by atoms with Crippen molar-refractivity contribution in [3.63, 3.8) is 0 Å². The molecule has 7 heteroatoms. The third-order valence-electron chi connectivity index (χ3n) is 3.75. The fourth-order valence-corrected chi connectivity index (χ4v) is 3.38. The molecule has 0 aliphatic carbocycles. The maximum absolute atomic E-state index is 13.1. The van der Waals surface area contributed by atoms with Crippen LogP contribution in [0.4, 0.5) is 10.1 Å². The van der Waals surface area contributed by atoms with Gasteiger partial charge in [-0.2, -0.15) is 0 Å². The molecule has 0 spiro atoms. The van der Waals surface area contributed by atoms with E-state index in [1.807, 2.05) is 0 Å². The van der Waals surface area contributed by atoms with Crippen molar-refractivity contribution in [2.75, 3.05) is 11.9 Å². The number of carbonyl (C=O) groups excluding carboxylic acids is 2. The molecule has 27 heavy (non-hydrogen) atoms. The van der Waals surface area contributed by atoms with Gasteiger partial charge in [-0.05, 0) is 62.4 Å². The lowest BCUT2D eigenvalue weighted by atomic mass is 10.2. The minimum absolute atomic E-state index is 0.290. The number of anilines is 1. The van der Waals surface area contributed by atoms with Gasteiger partial charge in [0, 0.05) is 11.3 Å². The number of carbonyl (C=O) groups is 2. The monoisotopic (exact) mass is 384 g/mol. The Hall–Kier alpha value is -3.06. The van der Waals surface area contributed by atoms with E-state index in [2.05, 4.69) is 10.3 Å². The first-order chi connectivity index (χ1) is 13.0. The van der Waals surface area contributed by atoms with Gasteiger partial charge in [-0.15, -0.1) is 11.3 Å². The fraction of sp³-hybridized carbons (Fsp3) is 0.150. The number of nitrogens with one attached hydrogen (secondary N) is 1. The van der Waals surface area contributed by atoms with Crippen molar-refractivity contribution in [2.24, 2.45) is 0 Å². The van der Waals surface area contributed by atoms with Gasteiger partial charge in [0.25, 0.3) is 5.91 Å². The maximum atomic E-state index is 13.1. The fourth-order valence-electron chi connectivity index (χ4n) is 2.41. The summed E-state index contributed by atoms with van der Waals surface area (Å²) in [6.45, 7) is 3.80. The quantitative estimate of drug-likeness (QED) is 0.648. The van der Waals surface area contributed by atoms with Gasteiger partial charge in [0.05, 0.1) is 17.9 Å². The molecule has 1 amide bonds. The zero-order chi connectivity index (χ0) is 19.4. The van der Waals surface area contributed by atoms with E-state index >= 15 is 0 Å². The molecular formula is C20H17FN2O3S. The van der Waals surface area contributed by atoms with Gasteiger partial charge in [0.15, 0.2) is 0 Å². The molecule has 0 saturated heterocycles. The molecule has 0 aliphatic heterocycles. The van der Waals surface area contributed by atoms with Crippen LogP contribution >= 0.6 is 11.3 Å². The van der Waals surface area contributed by atoms with E-state index < -0.39 is 5.97 Å². The van der Waals surface area contributed by atoms with E-state index in [9.17, 15) is 14.0 Å². The van der Waals surface area contributed by atoms with Crippen LogP contribution in [0.25, 0.3) is 10.6 Å². The molecule has 1 aromatic heterocycles. The molecule has 3 rings (SSSR count). The number of hydrogen-bond donors (Lipinski definition) is 1. The SMILES string of the molecule is CCOC(=O)c1ccc(NC(=O)c2sc(-c3ccc(F)cc3)nc2C)cc1. The zero-order valence-electron chi connectivity index (χ0n) is 14.8. The van der Waals surface area contributed by atoms with E-state index in [4.69, 9.17) is 4.74 Å². The average molecular weight is 384 g/mol. The van der Waals surface area contributed by atoms with Crippen molar-refractivity contribution in [1.82, 2.24) is 4.98 Å². The van der Waals surface area contributed by atoms with Crippen LogP contribution in [-0.2, 0) is 4.74 Å².